The molecule has 2 N–H and O–H groups in total. The third kappa shape index (κ3) is 7.75. The molecule has 1 amide bonds. The first-order valence-electron chi connectivity index (χ1n) is 13.8. The number of carbonyl (C=O) groups excluding carboxylic acids is 2. The molecule has 1 aliphatic heterocycles. The SMILES string of the molecule is CCN(CC)[N+]([O-])=NOCOC(=O)c1cccc(CNS(=O)(=O)c2cc(C(=O)NN3c4ccccc4CC3C)ccc2Cl)c1. The van der Waals surface area contributed by atoms with Crippen LogP contribution in [0, 0.1) is 5.21 Å². The molecule has 234 valence electrons. The van der Waals surface area contributed by atoms with Crippen molar-refractivity contribution >= 4 is 39.2 Å². The lowest BCUT2D eigenvalue weighted by Crippen LogP contribution is -2.45. The molecular formula is C29H33ClN6O7S. The van der Waals surface area contributed by atoms with Crippen LogP contribution in [0.3, 0.4) is 0 Å². The number of halogens is 1. The normalized spacial score (nSPS) is 14.6. The number of nitrogens with one attached hydrogen (secondary N) is 2. The molecule has 44 heavy (non-hydrogen) atoms. The third-order valence-corrected chi connectivity index (χ3v) is 8.77. The lowest BCUT2D eigenvalue weighted by atomic mass is 10.1. The number of anilines is 1. The largest absolute Gasteiger partial charge is 0.569 e. The van der Waals surface area contributed by atoms with Gasteiger partial charge in [-0.2, -0.15) is 0 Å². The van der Waals surface area contributed by atoms with E-state index in [-0.39, 0.29) is 38.6 Å². The molecule has 1 heterocycles. The fourth-order valence-corrected chi connectivity index (χ4v) is 6.12. The highest BCUT2D eigenvalue weighted by Gasteiger charge is 2.28. The minimum atomic E-state index is -4.16. The van der Waals surface area contributed by atoms with E-state index in [1.54, 1.807) is 31.0 Å². The summed E-state index contributed by atoms with van der Waals surface area (Å²) in [5.41, 5.74) is 5.54. The topological polar surface area (TPSA) is 156 Å². The van der Waals surface area contributed by atoms with E-state index >= 15 is 0 Å². The van der Waals surface area contributed by atoms with Crippen LogP contribution in [0.15, 0.2) is 76.9 Å². The zero-order chi connectivity index (χ0) is 31.9. The number of ether oxygens (including phenoxy) is 1. The van der Waals surface area contributed by atoms with Crippen molar-refractivity contribution in [1.29, 1.82) is 0 Å². The molecule has 4 rings (SSSR count). The van der Waals surface area contributed by atoms with E-state index < -0.39 is 28.7 Å². The molecule has 13 nitrogen and oxygen atoms in total. The molecule has 0 fully saturated rings. The van der Waals surface area contributed by atoms with Crippen LogP contribution in [-0.4, -0.2) is 56.2 Å². The van der Waals surface area contributed by atoms with E-state index in [2.05, 4.69) is 15.4 Å². The van der Waals surface area contributed by atoms with Crippen LogP contribution in [0.2, 0.25) is 5.02 Å². The standard InChI is InChI=1S/C29H33ClN6O7S/c1-4-34(5-2)36(39)33-43-19-42-29(38)24-11-8-9-21(16-24)18-31-44(40,41)27-17-23(13-14-25(27)30)28(37)32-35-20(3)15-22-10-6-7-12-26(22)35/h6-14,16-17,20,31H,4-5,15,18-19H2,1-3H3,(H,32,37). The van der Waals surface area contributed by atoms with Gasteiger partial charge in [-0.25, -0.2) is 17.9 Å². The molecule has 0 spiro atoms. The van der Waals surface area contributed by atoms with E-state index in [1.807, 2.05) is 31.2 Å². The molecule has 1 aliphatic rings. The second-order valence-corrected chi connectivity index (χ2v) is 12.0. The fourth-order valence-electron chi connectivity index (χ4n) is 4.58. The minimum Gasteiger partial charge on any atom is -0.569 e. The third-order valence-electron chi connectivity index (χ3n) is 6.88. The second-order valence-electron chi connectivity index (χ2n) is 9.81. The smallest absolute Gasteiger partial charge is 0.341 e. The van der Waals surface area contributed by atoms with Crippen molar-refractivity contribution in [3.8, 4) is 0 Å². The van der Waals surface area contributed by atoms with Gasteiger partial charge in [0.2, 0.25) is 15.3 Å². The van der Waals surface area contributed by atoms with Gasteiger partial charge in [0.25, 0.3) is 12.7 Å². The second kappa shape index (κ2) is 14.4. The molecule has 3 aromatic carbocycles. The highest BCUT2D eigenvalue weighted by molar-refractivity contribution is 7.89. The molecule has 1 unspecified atom stereocenters. The Labute approximate surface area is 260 Å². The van der Waals surface area contributed by atoms with Crippen LogP contribution in [0.1, 0.15) is 52.6 Å². The Morgan fingerprint density at radius 1 is 1.09 bits per heavy atom. The Kier molecular flexibility index (Phi) is 10.6. The van der Waals surface area contributed by atoms with Crippen molar-refractivity contribution in [2.75, 3.05) is 24.9 Å². The Hall–Kier alpha value is -4.40. The number of nitrogens with zero attached hydrogens (tertiary/aromatic N) is 4. The number of sulfonamides is 1. The maximum atomic E-state index is 13.2. The average molecular weight is 645 g/mol. The van der Waals surface area contributed by atoms with E-state index in [0.717, 1.165) is 17.7 Å². The van der Waals surface area contributed by atoms with Gasteiger partial charge in [0, 0.05) is 12.1 Å². The van der Waals surface area contributed by atoms with Gasteiger partial charge in [0.1, 0.15) is 4.90 Å². The molecule has 0 aromatic heterocycles. The molecule has 1 atom stereocenters. The van der Waals surface area contributed by atoms with Crippen molar-refractivity contribution in [1.82, 2.24) is 15.2 Å². The van der Waals surface area contributed by atoms with Crippen molar-refractivity contribution in [2.45, 2.75) is 44.7 Å². The molecule has 0 bridgehead atoms. The Bertz CT molecular complexity index is 1650. The summed E-state index contributed by atoms with van der Waals surface area (Å²) in [6.07, 6.45) is 0.764. The van der Waals surface area contributed by atoms with Crippen LogP contribution < -0.4 is 15.2 Å². The number of carbonyl (C=O) groups is 2. The van der Waals surface area contributed by atoms with Gasteiger partial charge in [-0.3, -0.25) is 15.2 Å². The first kappa shape index (κ1) is 32.5. The number of hydrazine groups is 2. The van der Waals surface area contributed by atoms with Crippen molar-refractivity contribution in [2.24, 2.45) is 5.28 Å². The summed E-state index contributed by atoms with van der Waals surface area (Å²) in [6.45, 7) is 5.60. The van der Waals surface area contributed by atoms with E-state index in [0.29, 0.717) is 18.7 Å². The summed E-state index contributed by atoms with van der Waals surface area (Å²) in [6, 6.07) is 17.9. The van der Waals surface area contributed by atoms with Crippen LogP contribution in [0.4, 0.5) is 5.69 Å². The summed E-state index contributed by atoms with van der Waals surface area (Å²) in [4.78, 5) is 30.3. The quantitative estimate of drug-likeness (QED) is 0.0696. The maximum Gasteiger partial charge on any atom is 0.341 e. The summed E-state index contributed by atoms with van der Waals surface area (Å²) in [5, 5.41) is 18.1. The maximum absolute atomic E-state index is 13.2. The van der Waals surface area contributed by atoms with E-state index in [4.69, 9.17) is 21.2 Å². The van der Waals surface area contributed by atoms with Gasteiger partial charge in [0.05, 0.1) is 40.4 Å². The van der Waals surface area contributed by atoms with Crippen LogP contribution in [-0.2, 0) is 32.6 Å². The van der Waals surface area contributed by atoms with E-state index in [9.17, 15) is 23.2 Å². The predicted octanol–water partition coefficient (Wildman–Crippen LogP) is 4.18. The number of benzene rings is 3. The Morgan fingerprint density at radius 3 is 2.59 bits per heavy atom. The van der Waals surface area contributed by atoms with Crippen molar-refractivity contribution in [3.63, 3.8) is 0 Å². The zero-order valence-corrected chi connectivity index (χ0v) is 26.0. The molecule has 15 heteroatoms. The first-order chi connectivity index (χ1) is 21.0. The van der Waals surface area contributed by atoms with Crippen LogP contribution in [0.25, 0.3) is 0 Å². The van der Waals surface area contributed by atoms with Gasteiger partial charge >= 0.3 is 5.97 Å². The molecule has 0 aliphatic carbocycles. The summed E-state index contributed by atoms with van der Waals surface area (Å²) in [5.74, 6) is -1.25. The van der Waals surface area contributed by atoms with Crippen LogP contribution >= 0.6 is 11.6 Å². The molecule has 0 radical (unpaired) electrons. The monoisotopic (exact) mass is 644 g/mol. The first-order valence-corrected chi connectivity index (χ1v) is 15.7. The number of amides is 1. The zero-order valence-electron chi connectivity index (χ0n) is 24.4. The van der Waals surface area contributed by atoms with Crippen LogP contribution in [0.5, 0.6) is 0 Å². The van der Waals surface area contributed by atoms with Gasteiger partial charge in [0.15, 0.2) is 0 Å². The highest BCUT2D eigenvalue weighted by Crippen LogP contribution is 2.30. The van der Waals surface area contributed by atoms with E-state index in [1.165, 1.54) is 35.3 Å². The Morgan fingerprint density at radius 2 is 1.84 bits per heavy atom. The number of rotatable bonds is 13. The average Bonchev–Trinajstić information content (AvgIpc) is 3.33. The summed E-state index contributed by atoms with van der Waals surface area (Å²) >= 11 is 6.24. The van der Waals surface area contributed by atoms with Gasteiger partial charge in [-0.05, 0) is 74.7 Å². The van der Waals surface area contributed by atoms with Gasteiger partial charge in [-0.1, -0.05) is 41.9 Å². The molecule has 3 aromatic rings. The number of fused-ring (bicyclic) bond motifs is 1. The lowest BCUT2D eigenvalue weighted by Gasteiger charge is -2.25. The predicted molar refractivity (Wildman–Crippen MR) is 162 cm³/mol. The number of hydrogen-bond acceptors (Lipinski definition) is 9. The highest BCUT2D eigenvalue weighted by atomic mass is 35.5. The van der Waals surface area contributed by atoms with Gasteiger partial charge in [-0.15, -0.1) is 5.01 Å². The summed E-state index contributed by atoms with van der Waals surface area (Å²) < 4.78 is 33.9. The molecular weight excluding hydrogens is 612 g/mol. The lowest BCUT2D eigenvalue weighted by molar-refractivity contribution is -0.710. The minimum absolute atomic E-state index is 0.0184. The summed E-state index contributed by atoms with van der Waals surface area (Å²) in [7, 11) is -4.16. The number of hydrogen-bond donors (Lipinski definition) is 2. The fraction of sp³-hybridized carbons (Fsp3) is 0.310. The number of esters is 1. The number of para-hydroxylation sites is 1. The Balaban J connectivity index is 1.38. The molecule has 0 saturated heterocycles. The van der Waals surface area contributed by atoms with Crippen molar-refractivity contribution < 1.29 is 32.6 Å². The van der Waals surface area contributed by atoms with Crippen molar-refractivity contribution in [3.05, 3.63) is 99.2 Å². The molecule has 0 saturated carbocycles. The van der Waals surface area contributed by atoms with Gasteiger partial charge < -0.3 is 14.8 Å².